The van der Waals surface area contributed by atoms with Crippen LogP contribution in [0.25, 0.3) is 0 Å². The predicted octanol–water partition coefficient (Wildman–Crippen LogP) is 2.33. The van der Waals surface area contributed by atoms with Gasteiger partial charge >= 0.3 is 6.18 Å². The van der Waals surface area contributed by atoms with Crippen LogP contribution in [0, 0.1) is 11.8 Å². The van der Waals surface area contributed by atoms with E-state index in [1.54, 1.807) is 0 Å². The van der Waals surface area contributed by atoms with Crippen LogP contribution in [0.4, 0.5) is 13.2 Å². The first-order valence-corrected chi connectivity index (χ1v) is 5.90. The summed E-state index contributed by atoms with van der Waals surface area (Å²) in [7, 11) is 0. The summed E-state index contributed by atoms with van der Waals surface area (Å²) < 4.78 is 37.0. The largest absolute Gasteiger partial charge is 0.416 e. The van der Waals surface area contributed by atoms with Crippen molar-refractivity contribution >= 4 is 0 Å². The lowest BCUT2D eigenvalue weighted by Gasteiger charge is -2.38. The molecule has 0 amide bonds. The van der Waals surface area contributed by atoms with Crippen molar-refractivity contribution in [3.8, 4) is 11.8 Å². The van der Waals surface area contributed by atoms with E-state index in [1.807, 2.05) is 0 Å². The highest BCUT2D eigenvalue weighted by molar-refractivity contribution is 5.38. The lowest BCUT2D eigenvalue weighted by atomic mass is 9.76. The molecule has 1 aromatic carbocycles. The summed E-state index contributed by atoms with van der Waals surface area (Å²) in [4.78, 5) is 0. The molecule has 1 aliphatic carbocycles. The third-order valence-electron chi connectivity index (χ3n) is 3.29. The van der Waals surface area contributed by atoms with Crippen LogP contribution in [0.2, 0.25) is 0 Å². The Labute approximate surface area is 108 Å². The quantitative estimate of drug-likeness (QED) is 0.769. The van der Waals surface area contributed by atoms with Gasteiger partial charge in [0.15, 0.2) is 0 Å². The molecule has 0 aromatic heterocycles. The highest BCUT2D eigenvalue weighted by atomic mass is 19.4. The molecule has 19 heavy (non-hydrogen) atoms. The first kappa shape index (κ1) is 13.9. The maximum absolute atomic E-state index is 12.3. The summed E-state index contributed by atoms with van der Waals surface area (Å²) in [6, 6.07) is 4.36. The average molecular weight is 270 g/mol. The van der Waals surface area contributed by atoms with Crippen molar-refractivity contribution in [3.63, 3.8) is 0 Å². The van der Waals surface area contributed by atoms with Crippen LogP contribution in [0.1, 0.15) is 30.4 Å². The van der Waals surface area contributed by atoms with Crippen LogP contribution in [-0.4, -0.2) is 21.9 Å². The van der Waals surface area contributed by atoms with Gasteiger partial charge in [0, 0.05) is 5.56 Å². The second kappa shape index (κ2) is 4.87. The fourth-order valence-corrected chi connectivity index (χ4v) is 1.84. The van der Waals surface area contributed by atoms with Gasteiger partial charge in [0.05, 0.1) is 5.56 Å². The Bertz CT molecular complexity index is 504. The number of alkyl halides is 3. The first-order valence-electron chi connectivity index (χ1n) is 5.90. The van der Waals surface area contributed by atoms with Gasteiger partial charge in [-0.15, -0.1) is 0 Å². The van der Waals surface area contributed by atoms with Gasteiger partial charge in [-0.05, 0) is 43.5 Å². The molecule has 2 nitrogen and oxygen atoms in total. The van der Waals surface area contributed by atoms with Crippen LogP contribution in [0.5, 0.6) is 0 Å². The highest BCUT2D eigenvalue weighted by Crippen LogP contribution is 2.34. The standard InChI is InChI=1S/C14H13F3O2/c15-14(16,17)11-5-2-10(3-6-11)4-7-12(18)13(19)8-1-9-13/h2-3,5-6,12,18-19H,1,8-9H2. The van der Waals surface area contributed by atoms with Crippen molar-refractivity contribution in [3.05, 3.63) is 35.4 Å². The lowest BCUT2D eigenvalue weighted by Crippen LogP contribution is -2.47. The normalized spacial score (nSPS) is 19.0. The van der Waals surface area contributed by atoms with E-state index in [1.165, 1.54) is 12.1 Å². The molecule has 0 aliphatic heterocycles. The number of aliphatic hydroxyl groups excluding tert-OH is 1. The lowest BCUT2D eigenvalue weighted by molar-refractivity contribution is -0.137. The Morgan fingerprint density at radius 3 is 2.16 bits per heavy atom. The van der Waals surface area contributed by atoms with Gasteiger partial charge in [-0.3, -0.25) is 0 Å². The maximum atomic E-state index is 12.3. The van der Waals surface area contributed by atoms with Gasteiger partial charge in [-0.1, -0.05) is 11.8 Å². The number of hydrogen-bond acceptors (Lipinski definition) is 2. The Balaban J connectivity index is 2.08. The van der Waals surface area contributed by atoms with E-state index in [-0.39, 0.29) is 0 Å². The number of benzene rings is 1. The molecule has 0 radical (unpaired) electrons. The fourth-order valence-electron chi connectivity index (χ4n) is 1.84. The third kappa shape index (κ3) is 3.09. The number of halogens is 3. The zero-order valence-corrected chi connectivity index (χ0v) is 10.0. The molecule has 0 spiro atoms. The van der Waals surface area contributed by atoms with Crippen molar-refractivity contribution in [1.82, 2.24) is 0 Å². The van der Waals surface area contributed by atoms with E-state index in [0.717, 1.165) is 18.6 Å². The Morgan fingerprint density at radius 2 is 1.74 bits per heavy atom. The number of aliphatic hydroxyl groups is 2. The minimum absolute atomic E-state index is 0.370. The zero-order chi connectivity index (χ0) is 14.1. The summed E-state index contributed by atoms with van der Waals surface area (Å²) in [5.74, 6) is 5.04. The fraction of sp³-hybridized carbons (Fsp3) is 0.429. The Kier molecular flexibility index (Phi) is 3.57. The molecule has 1 aromatic rings. The van der Waals surface area contributed by atoms with E-state index in [0.29, 0.717) is 18.4 Å². The van der Waals surface area contributed by atoms with Gasteiger partial charge < -0.3 is 10.2 Å². The van der Waals surface area contributed by atoms with Crippen LogP contribution < -0.4 is 0 Å². The SMILES string of the molecule is OC(C#Cc1ccc(C(F)(F)F)cc1)C1(O)CCC1. The predicted molar refractivity (Wildman–Crippen MR) is 63.1 cm³/mol. The van der Waals surface area contributed by atoms with Crippen LogP contribution in [0.15, 0.2) is 24.3 Å². The third-order valence-corrected chi connectivity index (χ3v) is 3.29. The molecular weight excluding hydrogens is 257 g/mol. The molecule has 1 fully saturated rings. The zero-order valence-electron chi connectivity index (χ0n) is 10.0. The van der Waals surface area contributed by atoms with Gasteiger partial charge in [0.25, 0.3) is 0 Å². The minimum atomic E-state index is -4.37. The van der Waals surface area contributed by atoms with Crippen molar-refractivity contribution in [2.24, 2.45) is 0 Å². The summed E-state index contributed by atoms with van der Waals surface area (Å²) in [5, 5.41) is 19.5. The van der Waals surface area contributed by atoms with Crippen molar-refractivity contribution in [2.75, 3.05) is 0 Å². The molecular formula is C14H13F3O2. The van der Waals surface area contributed by atoms with Gasteiger partial charge in [0.1, 0.15) is 11.7 Å². The Hall–Kier alpha value is -1.51. The Morgan fingerprint density at radius 1 is 1.16 bits per heavy atom. The van der Waals surface area contributed by atoms with E-state index >= 15 is 0 Å². The van der Waals surface area contributed by atoms with Crippen molar-refractivity contribution < 1.29 is 23.4 Å². The topological polar surface area (TPSA) is 40.5 Å². The van der Waals surface area contributed by atoms with Crippen molar-refractivity contribution in [1.29, 1.82) is 0 Å². The summed E-state index contributed by atoms with van der Waals surface area (Å²) in [6.45, 7) is 0. The molecule has 0 heterocycles. The highest BCUT2D eigenvalue weighted by Gasteiger charge is 2.40. The summed E-state index contributed by atoms with van der Waals surface area (Å²) >= 11 is 0. The first-order chi connectivity index (χ1) is 8.81. The molecule has 2 rings (SSSR count). The van der Waals surface area contributed by atoms with E-state index in [4.69, 9.17) is 0 Å². The second-order valence-electron chi connectivity index (χ2n) is 4.70. The van der Waals surface area contributed by atoms with Crippen molar-refractivity contribution in [2.45, 2.75) is 37.1 Å². The van der Waals surface area contributed by atoms with Gasteiger partial charge in [0.2, 0.25) is 0 Å². The molecule has 0 bridgehead atoms. The molecule has 1 atom stereocenters. The smallest absolute Gasteiger partial charge is 0.386 e. The molecule has 5 heteroatoms. The monoisotopic (exact) mass is 270 g/mol. The molecule has 1 aliphatic rings. The minimum Gasteiger partial charge on any atom is -0.386 e. The van der Waals surface area contributed by atoms with E-state index in [2.05, 4.69) is 11.8 Å². The summed E-state index contributed by atoms with van der Waals surface area (Å²) in [5.41, 5.74) is -1.52. The average Bonchev–Trinajstić information content (AvgIpc) is 2.32. The molecule has 0 saturated heterocycles. The maximum Gasteiger partial charge on any atom is 0.416 e. The summed E-state index contributed by atoms with van der Waals surface area (Å²) in [6.07, 6.45) is -3.70. The molecule has 1 unspecified atom stereocenters. The molecule has 1 saturated carbocycles. The van der Waals surface area contributed by atoms with E-state index < -0.39 is 23.4 Å². The number of hydrogen-bond donors (Lipinski definition) is 2. The van der Waals surface area contributed by atoms with Crippen LogP contribution in [-0.2, 0) is 6.18 Å². The van der Waals surface area contributed by atoms with Gasteiger partial charge in [-0.25, -0.2) is 0 Å². The number of rotatable bonds is 1. The van der Waals surface area contributed by atoms with Crippen LogP contribution >= 0.6 is 0 Å². The van der Waals surface area contributed by atoms with E-state index in [9.17, 15) is 23.4 Å². The van der Waals surface area contributed by atoms with Crippen LogP contribution in [0.3, 0.4) is 0 Å². The molecule has 102 valence electrons. The molecule has 2 N–H and O–H groups in total. The second-order valence-corrected chi connectivity index (χ2v) is 4.70. The van der Waals surface area contributed by atoms with Gasteiger partial charge in [-0.2, -0.15) is 13.2 Å².